The van der Waals surface area contributed by atoms with Gasteiger partial charge in [-0.2, -0.15) is 0 Å². The Kier molecular flexibility index (Phi) is 6.48. The van der Waals surface area contributed by atoms with E-state index in [2.05, 4.69) is 0 Å². The van der Waals surface area contributed by atoms with Gasteiger partial charge in [-0.05, 0) is 54.6 Å². The number of halogens is 1. The fourth-order valence-electron chi connectivity index (χ4n) is 3.16. The van der Waals surface area contributed by atoms with E-state index in [0.717, 1.165) is 17.3 Å². The highest BCUT2D eigenvalue weighted by Gasteiger charge is 2.35. The second kappa shape index (κ2) is 9.46. The number of amides is 2. The summed E-state index contributed by atoms with van der Waals surface area (Å²) in [5.74, 6) is 0.0240. The highest BCUT2D eigenvalue weighted by molar-refractivity contribution is 8.18. The van der Waals surface area contributed by atoms with E-state index in [1.807, 2.05) is 30.3 Å². The molecule has 2 amide bonds. The van der Waals surface area contributed by atoms with Gasteiger partial charge >= 0.3 is 5.97 Å². The Balaban J connectivity index is 1.54. The lowest BCUT2D eigenvalue weighted by atomic mass is 10.1. The van der Waals surface area contributed by atoms with Crippen molar-refractivity contribution in [1.82, 2.24) is 4.90 Å². The predicted octanol–water partition coefficient (Wildman–Crippen LogP) is 6.01. The lowest BCUT2D eigenvalue weighted by Crippen LogP contribution is -2.27. The lowest BCUT2D eigenvalue weighted by Gasteiger charge is -2.11. The first-order valence-corrected chi connectivity index (χ1v) is 11.0. The zero-order chi connectivity index (χ0) is 22.7. The second-order valence-electron chi connectivity index (χ2n) is 6.87. The van der Waals surface area contributed by atoms with Crippen LogP contribution in [0.5, 0.6) is 0 Å². The van der Waals surface area contributed by atoms with Gasteiger partial charge in [0.05, 0.1) is 28.6 Å². The van der Waals surface area contributed by atoms with Crippen molar-refractivity contribution in [1.29, 1.82) is 0 Å². The van der Waals surface area contributed by atoms with Crippen LogP contribution in [0.15, 0.2) is 70.0 Å². The molecule has 0 radical (unpaired) electrons. The van der Waals surface area contributed by atoms with Gasteiger partial charge in [0.25, 0.3) is 11.1 Å². The summed E-state index contributed by atoms with van der Waals surface area (Å²) in [6, 6.07) is 17.7. The molecule has 4 rings (SSSR count). The van der Waals surface area contributed by atoms with Gasteiger partial charge < -0.3 is 9.15 Å². The van der Waals surface area contributed by atoms with E-state index in [1.165, 1.54) is 4.90 Å². The molecule has 1 saturated heterocycles. The topological polar surface area (TPSA) is 76.8 Å². The van der Waals surface area contributed by atoms with Crippen LogP contribution >= 0.6 is 23.4 Å². The van der Waals surface area contributed by atoms with Crippen molar-refractivity contribution >= 4 is 46.6 Å². The molecule has 8 heteroatoms. The third-order valence-electron chi connectivity index (χ3n) is 4.70. The summed E-state index contributed by atoms with van der Waals surface area (Å²) < 4.78 is 10.9. The Labute approximate surface area is 193 Å². The van der Waals surface area contributed by atoms with Crippen LogP contribution in [0.4, 0.5) is 4.79 Å². The lowest BCUT2D eigenvalue weighted by molar-refractivity contribution is -0.123. The molecule has 6 nitrogen and oxygen atoms in total. The molecule has 1 aliphatic rings. The molecule has 0 unspecified atom stereocenters. The zero-order valence-corrected chi connectivity index (χ0v) is 18.6. The summed E-state index contributed by atoms with van der Waals surface area (Å²) in [4.78, 5) is 38.7. The van der Waals surface area contributed by atoms with E-state index in [-0.39, 0.29) is 39.8 Å². The van der Waals surface area contributed by atoms with Crippen molar-refractivity contribution in [2.45, 2.75) is 13.5 Å². The first-order chi connectivity index (χ1) is 15.5. The maximum absolute atomic E-state index is 12.7. The molecule has 1 fully saturated rings. The predicted molar refractivity (Wildman–Crippen MR) is 123 cm³/mol. The Morgan fingerprint density at radius 3 is 2.66 bits per heavy atom. The van der Waals surface area contributed by atoms with Crippen molar-refractivity contribution < 1.29 is 23.5 Å². The molecule has 32 heavy (non-hydrogen) atoms. The molecule has 2 heterocycles. The Bertz CT molecular complexity index is 1220. The SMILES string of the molecule is CCOC(=O)c1cc(-c2ccc(/C=C3\SC(=O)N(Cc4ccccc4)C3=O)o2)ccc1Cl. The molecule has 0 saturated carbocycles. The third kappa shape index (κ3) is 4.64. The number of hydrogen-bond donors (Lipinski definition) is 0. The van der Waals surface area contributed by atoms with Crippen LogP contribution in [0.2, 0.25) is 5.02 Å². The summed E-state index contributed by atoms with van der Waals surface area (Å²) in [5.41, 5.74) is 1.75. The van der Waals surface area contributed by atoms with E-state index in [1.54, 1.807) is 43.3 Å². The maximum Gasteiger partial charge on any atom is 0.339 e. The molecule has 0 aliphatic carbocycles. The molecule has 0 N–H and O–H groups in total. The van der Waals surface area contributed by atoms with Gasteiger partial charge in [0, 0.05) is 11.6 Å². The number of ether oxygens (including phenoxy) is 1. The molecule has 3 aromatic rings. The summed E-state index contributed by atoms with van der Waals surface area (Å²) >= 11 is 6.99. The normalized spacial score (nSPS) is 14.9. The number of furan rings is 1. The van der Waals surface area contributed by atoms with Gasteiger partial charge in [-0.15, -0.1) is 0 Å². The van der Waals surface area contributed by atoms with Crippen LogP contribution in [0.25, 0.3) is 17.4 Å². The summed E-state index contributed by atoms with van der Waals surface area (Å²) in [5, 5.41) is -0.0419. The van der Waals surface area contributed by atoms with E-state index in [0.29, 0.717) is 17.1 Å². The number of nitrogens with zero attached hydrogens (tertiary/aromatic N) is 1. The van der Waals surface area contributed by atoms with Crippen LogP contribution < -0.4 is 0 Å². The van der Waals surface area contributed by atoms with Crippen LogP contribution in [0.1, 0.15) is 28.6 Å². The minimum absolute atomic E-state index is 0.216. The molecule has 1 aromatic heterocycles. The van der Waals surface area contributed by atoms with Gasteiger partial charge in [-0.3, -0.25) is 14.5 Å². The minimum Gasteiger partial charge on any atom is -0.462 e. The fraction of sp³-hybridized carbons (Fsp3) is 0.125. The molecule has 0 spiro atoms. The van der Waals surface area contributed by atoms with Crippen LogP contribution in [-0.2, 0) is 16.1 Å². The summed E-state index contributed by atoms with van der Waals surface area (Å²) in [6.45, 7) is 2.17. The third-order valence-corrected chi connectivity index (χ3v) is 5.94. The smallest absolute Gasteiger partial charge is 0.339 e. The van der Waals surface area contributed by atoms with Crippen molar-refractivity contribution in [3.8, 4) is 11.3 Å². The second-order valence-corrected chi connectivity index (χ2v) is 8.27. The largest absolute Gasteiger partial charge is 0.462 e. The number of hydrogen-bond acceptors (Lipinski definition) is 6. The van der Waals surface area contributed by atoms with Crippen molar-refractivity contribution in [3.63, 3.8) is 0 Å². The number of esters is 1. The van der Waals surface area contributed by atoms with Crippen molar-refractivity contribution in [2.24, 2.45) is 0 Å². The fourth-order valence-corrected chi connectivity index (χ4v) is 4.17. The first-order valence-electron chi connectivity index (χ1n) is 9.82. The van der Waals surface area contributed by atoms with E-state index < -0.39 is 5.97 Å². The van der Waals surface area contributed by atoms with E-state index in [4.69, 9.17) is 20.8 Å². The standard InChI is InChI=1S/C24H18ClNO5S/c1-2-30-23(28)18-12-16(8-10-19(18)25)20-11-9-17(31-20)13-21-22(27)26(24(29)32-21)14-15-6-4-3-5-7-15/h3-13H,2,14H2,1H3/b21-13-. The molecule has 0 atom stereocenters. The zero-order valence-electron chi connectivity index (χ0n) is 17.0. The molecule has 2 aromatic carbocycles. The van der Waals surface area contributed by atoms with Crippen molar-refractivity contribution in [3.05, 3.63) is 87.5 Å². The average Bonchev–Trinajstić information content (AvgIpc) is 3.35. The maximum atomic E-state index is 12.7. The van der Waals surface area contributed by atoms with Gasteiger partial charge in [0.1, 0.15) is 11.5 Å². The Morgan fingerprint density at radius 2 is 1.91 bits per heavy atom. The van der Waals surface area contributed by atoms with E-state index >= 15 is 0 Å². The summed E-state index contributed by atoms with van der Waals surface area (Å²) in [7, 11) is 0. The highest BCUT2D eigenvalue weighted by atomic mass is 35.5. The number of rotatable bonds is 6. The van der Waals surface area contributed by atoms with Crippen LogP contribution in [0.3, 0.4) is 0 Å². The summed E-state index contributed by atoms with van der Waals surface area (Å²) in [6.07, 6.45) is 1.54. The number of thioether (sulfide) groups is 1. The quantitative estimate of drug-likeness (QED) is 0.326. The Morgan fingerprint density at radius 1 is 1.12 bits per heavy atom. The van der Waals surface area contributed by atoms with Crippen LogP contribution in [-0.4, -0.2) is 28.6 Å². The number of carbonyl (C=O) groups is 3. The number of imide groups is 1. The van der Waals surface area contributed by atoms with Gasteiger partial charge in [0.15, 0.2) is 0 Å². The van der Waals surface area contributed by atoms with Gasteiger partial charge in [-0.1, -0.05) is 41.9 Å². The first kappa shape index (κ1) is 21.9. The van der Waals surface area contributed by atoms with Crippen LogP contribution in [0, 0.1) is 0 Å². The van der Waals surface area contributed by atoms with Gasteiger partial charge in [-0.25, -0.2) is 4.79 Å². The Hall–Kier alpha value is -3.29. The molecule has 162 valence electrons. The minimum atomic E-state index is -0.516. The molecule has 0 bridgehead atoms. The highest BCUT2D eigenvalue weighted by Crippen LogP contribution is 2.34. The number of benzene rings is 2. The van der Waals surface area contributed by atoms with Gasteiger partial charge in [0.2, 0.25) is 0 Å². The molecular weight excluding hydrogens is 450 g/mol. The van der Waals surface area contributed by atoms with Crippen molar-refractivity contribution in [2.75, 3.05) is 6.61 Å². The monoisotopic (exact) mass is 467 g/mol. The number of carbonyl (C=O) groups excluding carboxylic acids is 3. The molecule has 1 aliphatic heterocycles. The van der Waals surface area contributed by atoms with E-state index in [9.17, 15) is 14.4 Å². The molecular formula is C24H18ClNO5S. The average molecular weight is 468 g/mol.